The van der Waals surface area contributed by atoms with E-state index in [-0.39, 0.29) is 5.91 Å². The third kappa shape index (κ3) is 3.73. The van der Waals surface area contributed by atoms with E-state index in [1.54, 1.807) is 4.68 Å². The molecule has 1 aliphatic rings. The summed E-state index contributed by atoms with van der Waals surface area (Å²) in [4.78, 5) is 14.0. The summed E-state index contributed by atoms with van der Waals surface area (Å²) in [6, 6.07) is 0. The first kappa shape index (κ1) is 15.3. The molecule has 0 aromatic carbocycles. The maximum absolute atomic E-state index is 12.0. The Labute approximate surface area is 125 Å². The molecule has 5 nitrogen and oxygen atoms in total. The Hall–Kier alpha value is -1.07. The van der Waals surface area contributed by atoms with E-state index >= 15 is 0 Å². The number of halogens is 1. The maximum atomic E-state index is 12.0. The van der Waals surface area contributed by atoms with Gasteiger partial charge in [-0.3, -0.25) is 9.48 Å². The van der Waals surface area contributed by atoms with Gasteiger partial charge in [-0.15, -0.1) is 0 Å². The summed E-state index contributed by atoms with van der Waals surface area (Å²) < 4.78 is 1.67. The molecule has 2 rings (SSSR count). The summed E-state index contributed by atoms with van der Waals surface area (Å²) in [6.45, 7) is 5.13. The molecule has 1 aromatic rings. The van der Waals surface area contributed by atoms with Crippen LogP contribution in [0.25, 0.3) is 0 Å². The molecule has 0 bridgehead atoms. The second kappa shape index (κ2) is 7.09. The van der Waals surface area contributed by atoms with Gasteiger partial charge >= 0.3 is 0 Å². The minimum absolute atomic E-state index is 0.256. The van der Waals surface area contributed by atoms with Crippen LogP contribution < -0.4 is 5.32 Å². The molecular weight excluding hydrogens is 276 g/mol. The standard InChI is InChI=1S/C14H23ClN4O/c1-11-12(14(15)18(2)17-11)10-16-7-6-13(20)19-8-4-3-5-9-19/h16H,3-10H2,1-2H3. The number of rotatable bonds is 5. The Morgan fingerprint density at radius 3 is 2.65 bits per heavy atom. The predicted octanol–water partition coefficient (Wildman–Crippen LogP) is 1.87. The zero-order valence-electron chi connectivity index (χ0n) is 12.3. The molecule has 1 fully saturated rings. The molecule has 0 atom stereocenters. The summed E-state index contributed by atoms with van der Waals surface area (Å²) in [5.74, 6) is 0.256. The van der Waals surface area contributed by atoms with Crippen LogP contribution in [0.4, 0.5) is 0 Å². The number of hydrogen-bond acceptors (Lipinski definition) is 3. The number of carbonyl (C=O) groups excluding carboxylic acids is 1. The van der Waals surface area contributed by atoms with Crippen molar-refractivity contribution >= 4 is 17.5 Å². The monoisotopic (exact) mass is 298 g/mol. The smallest absolute Gasteiger partial charge is 0.223 e. The minimum Gasteiger partial charge on any atom is -0.343 e. The molecule has 0 saturated carbocycles. The molecule has 1 saturated heterocycles. The SMILES string of the molecule is Cc1nn(C)c(Cl)c1CNCCC(=O)N1CCCCC1. The van der Waals surface area contributed by atoms with Crippen LogP contribution in [0.3, 0.4) is 0 Å². The quantitative estimate of drug-likeness (QED) is 0.845. The van der Waals surface area contributed by atoms with Gasteiger partial charge in [-0.05, 0) is 26.2 Å². The molecule has 0 unspecified atom stereocenters. The summed E-state index contributed by atoms with van der Waals surface area (Å²) in [7, 11) is 1.83. The zero-order valence-corrected chi connectivity index (χ0v) is 13.0. The van der Waals surface area contributed by atoms with E-state index in [4.69, 9.17) is 11.6 Å². The molecule has 20 heavy (non-hydrogen) atoms. The first-order chi connectivity index (χ1) is 9.59. The van der Waals surface area contributed by atoms with Gasteiger partial charge in [0.2, 0.25) is 5.91 Å². The topological polar surface area (TPSA) is 50.2 Å². The van der Waals surface area contributed by atoms with Crippen molar-refractivity contribution in [2.24, 2.45) is 7.05 Å². The van der Waals surface area contributed by atoms with Crippen LogP contribution in [0.2, 0.25) is 5.15 Å². The Morgan fingerprint density at radius 2 is 2.05 bits per heavy atom. The van der Waals surface area contributed by atoms with Crippen molar-refractivity contribution in [2.45, 2.75) is 39.2 Å². The summed E-state index contributed by atoms with van der Waals surface area (Å²) >= 11 is 6.16. The highest BCUT2D eigenvalue weighted by molar-refractivity contribution is 6.30. The second-order valence-electron chi connectivity index (χ2n) is 5.35. The number of carbonyl (C=O) groups is 1. The van der Waals surface area contributed by atoms with Crippen LogP contribution >= 0.6 is 11.6 Å². The van der Waals surface area contributed by atoms with E-state index in [0.29, 0.717) is 24.7 Å². The highest BCUT2D eigenvalue weighted by Crippen LogP contribution is 2.18. The molecule has 0 spiro atoms. The molecule has 1 amide bonds. The van der Waals surface area contributed by atoms with Crippen LogP contribution in [-0.2, 0) is 18.4 Å². The third-order valence-electron chi connectivity index (χ3n) is 3.80. The van der Waals surface area contributed by atoms with Gasteiger partial charge in [0, 0.05) is 45.2 Å². The number of piperidine rings is 1. The Kier molecular flexibility index (Phi) is 5.43. The van der Waals surface area contributed by atoms with Crippen LogP contribution in [0.5, 0.6) is 0 Å². The number of nitrogens with zero attached hydrogens (tertiary/aromatic N) is 3. The van der Waals surface area contributed by atoms with E-state index in [1.807, 2.05) is 18.9 Å². The lowest BCUT2D eigenvalue weighted by molar-refractivity contribution is -0.131. The lowest BCUT2D eigenvalue weighted by Gasteiger charge is -2.26. The molecule has 1 N–H and O–H groups in total. The largest absolute Gasteiger partial charge is 0.343 e. The van der Waals surface area contributed by atoms with Crippen LogP contribution in [-0.4, -0.2) is 40.2 Å². The number of aryl methyl sites for hydroxylation is 2. The van der Waals surface area contributed by atoms with Crippen LogP contribution in [0.15, 0.2) is 0 Å². The number of nitrogens with one attached hydrogen (secondary N) is 1. The first-order valence-corrected chi connectivity index (χ1v) is 7.64. The van der Waals surface area contributed by atoms with Crippen molar-refractivity contribution in [3.8, 4) is 0 Å². The van der Waals surface area contributed by atoms with Crippen molar-refractivity contribution in [3.05, 3.63) is 16.4 Å². The summed E-state index contributed by atoms with van der Waals surface area (Å²) in [5.41, 5.74) is 1.95. The normalized spacial score (nSPS) is 15.7. The fourth-order valence-corrected chi connectivity index (χ4v) is 2.83. The molecular formula is C14H23ClN4O. The molecule has 0 aliphatic carbocycles. The van der Waals surface area contributed by atoms with E-state index in [1.165, 1.54) is 6.42 Å². The highest BCUT2D eigenvalue weighted by Gasteiger charge is 2.16. The Balaban J connectivity index is 1.72. The van der Waals surface area contributed by atoms with Gasteiger partial charge in [-0.2, -0.15) is 5.10 Å². The first-order valence-electron chi connectivity index (χ1n) is 7.26. The summed E-state index contributed by atoms with van der Waals surface area (Å²) in [5, 5.41) is 8.21. The van der Waals surface area contributed by atoms with Crippen molar-refractivity contribution in [3.63, 3.8) is 0 Å². The van der Waals surface area contributed by atoms with Gasteiger partial charge < -0.3 is 10.2 Å². The van der Waals surface area contributed by atoms with Gasteiger partial charge in [0.15, 0.2) is 0 Å². The van der Waals surface area contributed by atoms with E-state index in [0.717, 1.165) is 37.2 Å². The van der Waals surface area contributed by atoms with Crippen molar-refractivity contribution in [1.29, 1.82) is 0 Å². The lowest BCUT2D eigenvalue weighted by atomic mass is 10.1. The Morgan fingerprint density at radius 1 is 1.35 bits per heavy atom. The van der Waals surface area contributed by atoms with E-state index < -0.39 is 0 Å². The highest BCUT2D eigenvalue weighted by atomic mass is 35.5. The molecule has 1 aliphatic heterocycles. The van der Waals surface area contributed by atoms with Gasteiger partial charge in [0.1, 0.15) is 5.15 Å². The Bertz CT molecular complexity index is 466. The lowest BCUT2D eigenvalue weighted by Crippen LogP contribution is -2.37. The molecule has 0 radical (unpaired) electrons. The average molecular weight is 299 g/mol. The van der Waals surface area contributed by atoms with Crippen molar-refractivity contribution < 1.29 is 4.79 Å². The third-order valence-corrected chi connectivity index (χ3v) is 4.27. The van der Waals surface area contributed by atoms with E-state index in [2.05, 4.69) is 10.4 Å². The number of likely N-dealkylation sites (tertiary alicyclic amines) is 1. The zero-order chi connectivity index (χ0) is 14.5. The van der Waals surface area contributed by atoms with Crippen LogP contribution in [0, 0.1) is 6.92 Å². The minimum atomic E-state index is 0.256. The van der Waals surface area contributed by atoms with Gasteiger partial charge in [0.05, 0.1) is 5.69 Å². The van der Waals surface area contributed by atoms with Gasteiger partial charge in [-0.1, -0.05) is 11.6 Å². The molecule has 2 heterocycles. The summed E-state index contributed by atoms with van der Waals surface area (Å²) in [6.07, 6.45) is 4.09. The van der Waals surface area contributed by atoms with Crippen molar-refractivity contribution in [1.82, 2.24) is 20.0 Å². The fourth-order valence-electron chi connectivity index (χ4n) is 2.58. The number of hydrogen-bond donors (Lipinski definition) is 1. The predicted molar refractivity (Wildman–Crippen MR) is 79.7 cm³/mol. The maximum Gasteiger partial charge on any atom is 0.223 e. The number of aromatic nitrogens is 2. The fraction of sp³-hybridized carbons (Fsp3) is 0.714. The van der Waals surface area contributed by atoms with Gasteiger partial charge in [0.25, 0.3) is 0 Å². The average Bonchev–Trinajstić information content (AvgIpc) is 2.70. The van der Waals surface area contributed by atoms with Gasteiger partial charge in [-0.25, -0.2) is 0 Å². The van der Waals surface area contributed by atoms with Crippen LogP contribution in [0.1, 0.15) is 36.9 Å². The second-order valence-corrected chi connectivity index (χ2v) is 5.70. The van der Waals surface area contributed by atoms with E-state index in [9.17, 15) is 4.79 Å². The molecule has 6 heteroatoms. The molecule has 1 aromatic heterocycles. The molecule has 112 valence electrons. The van der Waals surface area contributed by atoms with Crippen molar-refractivity contribution in [2.75, 3.05) is 19.6 Å². The number of amides is 1.